The highest BCUT2D eigenvalue weighted by molar-refractivity contribution is 5.87. The van der Waals surface area contributed by atoms with E-state index in [4.69, 9.17) is 9.84 Å². The van der Waals surface area contributed by atoms with Crippen LogP contribution in [0.25, 0.3) is 11.1 Å². The first kappa shape index (κ1) is 25.3. The van der Waals surface area contributed by atoms with Crippen LogP contribution >= 0.6 is 0 Å². The molecular weight excluding hydrogens is 493 g/mol. The summed E-state index contributed by atoms with van der Waals surface area (Å²) in [5.41, 5.74) is 4.73. The Hall–Kier alpha value is -4.33. The lowest BCUT2D eigenvalue weighted by Gasteiger charge is -2.32. The van der Waals surface area contributed by atoms with Gasteiger partial charge in [-0.2, -0.15) is 13.2 Å². The molecule has 0 saturated heterocycles. The minimum atomic E-state index is -4.37. The number of aromatic carboxylic acids is 1. The Morgan fingerprint density at radius 1 is 0.974 bits per heavy atom. The number of benzene rings is 3. The quantitative estimate of drug-likeness (QED) is 0.286. The SMILES string of the molecule is O=C(O)c1ccc(COc2ccc(-c3cccc(CN4CCCc5ccc(C(F)(F)F)cc54)c3)cc2)nc1. The molecule has 4 aromatic rings. The predicted octanol–water partition coefficient (Wildman–Crippen LogP) is 7.00. The predicted molar refractivity (Wildman–Crippen MR) is 138 cm³/mol. The van der Waals surface area contributed by atoms with E-state index in [2.05, 4.69) is 11.1 Å². The number of aromatic nitrogens is 1. The molecule has 0 aliphatic carbocycles. The molecule has 0 unspecified atom stereocenters. The van der Waals surface area contributed by atoms with Crippen LogP contribution in [0.15, 0.2) is 85.1 Å². The van der Waals surface area contributed by atoms with E-state index in [1.54, 1.807) is 12.1 Å². The number of hydrogen-bond acceptors (Lipinski definition) is 4. The van der Waals surface area contributed by atoms with Gasteiger partial charge in [0.25, 0.3) is 0 Å². The first-order valence-electron chi connectivity index (χ1n) is 12.2. The highest BCUT2D eigenvalue weighted by Crippen LogP contribution is 2.36. The lowest BCUT2D eigenvalue weighted by atomic mass is 9.98. The Morgan fingerprint density at radius 3 is 2.50 bits per heavy atom. The monoisotopic (exact) mass is 518 g/mol. The van der Waals surface area contributed by atoms with Crippen molar-refractivity contribution < 1.29 is 27.8 Å². The van der Waals surface area contributed by atoms with Crippen LogP contribution in [-0.4, -0.2) is 22.6 Å². The molecule has 38 heavy (non-hydrogen) atoms. The minimum Gasteiger partial charge on any atom is -0.487 e. The van der Waals surface area contributed by atoms with Gasteiger partial charge in [0.15, 0.2) is 0 Å². The lowest BCUT2D eigenvalue weighted by Crippen LogP contribution is -2.29. The molecule has 3 aromatic carbocycles. The van der Waals surface area contributed by atoms with E-state index >= 15 is 0 Å². The van der Waals surface area contributed by atoms with Gasteiger partial charge < -0.3 is 14.7 Å². The second-order valence-corrected chi connectivity index (χ2v) is 9.22. The molecule has 5 nitrogen and oxygen atoms in total. The van der Waals surface area contributed by atoms with Gasteiger partial charge in [0.2, 0.25) is 0 Å². The van der Waals surface area contributed by atoms with Gasteiger partial charge in [-0.1, -0.05) is 36.4 Å². The fraction of sp³-hybridized carbons (Fsp3) is 0.200. The fourth-order valence-electron chi connectivity index (χ4n) is 4.60. The molecule has 1 N–H and O–H groups in total. The van der Waals surface area contributed by atoms with Gasteiger partial charge in [0.1, 0.15) is 12.4 Å². The second kappa shape index (κ2) is 10.6. The highest BCUT2D eigenvalue weighted by Gasteiger charge is 2.32. The van der Waals surface area contributed by atoms with E-state index < -0.39 is 17.7 Å². The van der Waals surface area contributed by atoms with Crippen molar-refractivity contribution >= 4 is 11.7 Å². The number of carbonyl (C=O) groups is 1. The number of aryl methyl sites for hydroxylation is 1. The average molecular weight is 519 g/mol. The zero-order valence-electron chi connectivity index (χ0n) is 20.4. The maximum absolute atomic E-state index is 13.3. The molecule has 0 radical (unpaired) electrons. The molecule has 2 heterocycles. The number of hydrogen-bond donors (Lipinski definition) is 1. The van der Waals surface area contributed by atoms with Gasteiger partial charge in [-0.05, 0) is 77.6 Å². The first-order valence-corrected chi connectivity index (χ1v) is 12.2. The zero-order chi connectivity index (χ0) is 26.7. The zero-order valence-corrected chi connectivity index (χ0v) is 20.4. The van der Waals surface area contributed by atoms with Crippen molar-refractivity contribution in [2.45, 2.75) is 32.2 Å². The summed E-state index contributed by atoms with van der Waals surface area (Å²) in [5, 5.41) is 8.97. The number of carboxylic acids is 1. The second-order valence-electron chi connectivity index (χ2n) is 9.22. The van der Waals surface area contributed by atoms with E-state index in [1.165, 1.54) is 24.4 Å². The van der Waals surface area contributed by atoms with Crippen LogP contribution in [0.3, 0.4) is 0 Å². The van der Waals surface area contributed by atoms with Crippen molar-refractivity contribution in [3.63, 3.8) is 0 Å². The number of halogens is 3. The summed E-state index contributed by atoms with van der Waals surface area (Å²) in [6.45, 7) is 1.44. The van der Waals surface area contributed by atoms with Crippen molar-refractivity contribution in [3.05, 3.63) is 113 Å². The molecule has 0 atom stereocenters. The molecule has 5 rings (SSSR count). The summed E-state index contributed by atoms with van der Waals surface area (Å²) < 4.78 is 45.7. The Bertz CT molecular complexity index is 1430. The van der Waals surface area contributed by atoms with E-state index in [0.29, 0.717) is 30.2 Å². The van der Waals surface area contributed by atoms with Gasteiger partial charge in [0, 0.05) is 25.0 Å². The molecule has 0 saturated carbocycles. The number of anilines is 1. The average Bonchev–Trinajstić information content (AvgIpc) is 2.92. The molecule has 0 fully saturated rings. The van der Waals surface area contributed by atoms with Crippen molar-refractivity contribution in [2.75, 3.05) is 11.4 Å². The van der Waals surface area contributed by atoms with Gasteiger partial charge in [-0.3, -0.25) is 4.98 Å². The molecule has 0 spiro atoms. The largest absolute Gasteiger partial charge is 0.487 e. The minimum absolute atomic E-state index is 0.121. The first-order chi connectivity index (χ1) is 18.3. The smallest absolute Gasteiger partial charge is 0.416 e. The van der Waals surface area contributed by atoms with Gasteiger partial charge in [-0.25, -0.2) is 4.79 Å². The molecular formula is C30H25F3N2O3. The van der Waals surface area contributed by atoms with E-state index in [9.17, 15) is 18.0 Å². The summed E-state index contributed by atoms with van der Waals surface area (Å²) >= 11 is 0. The van der Waals surface area contributed by atoms with E-state index in [-0.39, 0.29) is 12.2 Å². The third-order valence-corrected chi connectivity index (χ3v) is 6.57. The number of alkyl halides is 3. The van der Waals surface area contributed by atoms with Crippen molar-refractivity contribution in [1.29, 1.82) is 0 Å². The van der Waals surface area contributed by atoms with Crippen molar-refractivity contribution in [2.24, 2.45) is 0 Å². The van der Waals surface area contributed by atoms with Crippen molar-refractivity contribution in [3.8, 4) is 16.9 Å². The van der Waals surface area contributed by atoms with Crippen LogP contribution in [-0.2, 0) is 25.7 Å². The Labute approximate surface area is 218 Å². The molecule has 0 amide bonds. The molecule has 1 aliphatic heterocycles. The van der Waals surface area contributed by atoms with E-state index in [0.717, 1.165) is 35.1 Å². The number of nitrogens with zero attached hydrogens (tertiary/aromatic N) is 2. The Balaban J connectivity index is 1.27. The lowest BCUT2D eigenvalue weighted by molar-refractivity contribution is -0.137. The van der Waals surface area contributed by atoms with Crippen LogP contribution < -0.4 is 9.64 Å². The van der Waals surface area contributed by atoms with Crippen LogP contribution in [0.2, 0.25) is 0 Å². The summed E-state index contributed by atoms with van der Waals surface area (Å²) in [6.07, 6.45) is -1.38. The molecule has 1 aromatic heterocycles. The summed E-state index contributed by atoms with van der Waals surface area (Å²) in [4.78, 5) is 17.1. The number of carboxylic acid groups (broad SMARTS) is 1. The van der Waals surface area contributed by atoms with Crippen LogP contribution in [0.1, 0.15) is 39.2 Å². The fourth-order valence-corrected chi connectivity index (χ4v) is 4.60. The number of ether oxygens (including phenoxy) is 1. The number of fused-ring (bicyclic) bond motifs is 1. The van der Waals surface area contributed by atoms with Gasteiger partial charge in [-0.15, -0.1) is 0 Å². The van der Waals surface area contributed by atoms with Crippen LogP contribution in [0.5, 0.6) is 5.75 Å². The number of pyridine rings is 1. The maximum atomic E-state index is 13.3. The topological polar surface area (TPSA) is 62.7 Å². The van der Waals surface area contributed by atoms with E-state index in [1.807, 2.05) is 47.4 Å². The summed E-state index contributed by atoms with van der Waals surface area (Å²) in [7, 11) is 0. The van der Waals surface area contributed by atoms with Crippen molar-refractivity contribution in [1.82, 2.24) is 4.98 Å². The molecule has 194 valence electrons. The molecule has 1 aliphatic rings. The highest BCUT2D eigenvalue weighted by atomic mass is 19.4. The van der Waals surface area contributed by atoms with Gasteiger partial charge >= 0.3 is 12.1 Å². The molecule has 0 bridgehead atoms. The Morgan fingerprint density at radius 2 is 1.79 bits per heavy atom. The normalized spacial score (nSPS) is 13.2. The maximum Gasteiger partial charge on any atom is 0.416 e. The summed E-state index contributed by atoms with van der Waals surface area (Å²) in [6, 6.07) is 22.8. The van der Waals surface area contributed by atoms with Crippen LogP contribution in [0, 0.1) is 0 Å². The standard InChI is InChI=1S/C30H25F3N2O3/c31-30(32,33)25-10-6-22-5-2-14-35(28(22)16-25)18-20-3-1-4-23(15-20)21-8-12-27(13-9-21)38-19-26-11-7-24(17-34-26)29(36)37/h1,3-4,6-13,15-17H,2,5,14,18-19H2,(H,36,37). The van der Waals surface area contributed by atoms with Gasteiger partial charge in [0.05, 0.1) is 16.8 Å². The molecule has 8 heteroatoms. The Kier molecular flexibility index (Phi) is 7.05. The third-order valence-electron chi connectivity index (χ3n) is 6.57. The third kappa shape index (κ3) is 5.80. The number of rotatable bonds is 7. The van der Waals surface area contributed by atoms with Crippen LogP contribution in [0.4, 0.5) is 18.9 Å². The summed E-state index contributed by atoms with van der Waals surface area (Å²) in [5.74, 6) is -0.375.